The average molecular weight is 447 g/mol. The number of hydrogen-bond donors (Lipinski definition) is 11. The molecule has 17 nitrogen and oxygen atoms in total. The smallest absolute Gasteiger partial charge is 0.382 e. The lowest BCUT2D eigenvalue weighted by Gasteiger charge is -1.91. The molecule has 0 amide bonds. The topological polar surface area (TPSA) is 314 Å². The second-order valence-electron chi connectivity index (χ2n) is 3.52. The number of halogens is 1. The Morgan fingerprint density at radius 1 is 0.846 bits per heavy atom. The molecule has 0 aliphatic rings. The maximum Gasteiger partial charge on any atom is 0.466 e. The van der Waals surface area contributed by atoms with E-state index in [0.29, 0.717) is 5.52 Å². The van der Waals surface area contributed by atoms with Crippen LogP contribution in [0.3, 0.4) is 0 Å². The summed E-state index contributed by atoms with van der Waals surface area (Å²) in [4.78, 5) is 77.8. The van der Waals surface area contributed by atoms with E-state index in [2.05, 4.69) is 19.9 Å². The van der Waals surface area contributed by atoms with Crippen LogP contribution in [0.2, 0.25) is 0 Å². The van der Waals surface area contributed by atoms with Crippen molar-refractivity contribution >= 4 is 40.4 Å². The normalized spacial score (nSPS) is 11.3. The second-order valence-corrected chi connectivity index (χ2v) is 6.60. The number of anilines is 1. The van der Waals surface area contributed by atoms with Crippen LogP contribution in [-0.4, -0.2) is 64.0 Å². The molecule has 0 saturated heterocycles. The molecule has 2 rings (SSSR count). The van der Waals surface area contributed by atoms with Crippen LogP contribution in [0.25, 0.3) is 11.2 Å². The summed E-state index contributed by atoms with van der Waals surface area (Å²) in [5.41, 5.74) is 6.05. The molecule has 0 bridgehead atoms. The molecule has 0 saturated carbocycles. The highest BCUT2D eigenvalue weighted by Crippen LogP contribution is 2.26. The molecule has 0 fully saturated rings. The number of aromatic amines is 1. The van der Waals surface area contributed by atoms with Crippen LogP contribution >= 0.6 is 23.5 Å². The fourth-order valence-corrected chi connectivity index (χ4v) is 0.828. The van der Waals surface area contributed by atoms with Crippen LogP contribution in [0.4, 0.5) is 10.2 Å². The van der Waals surface area contributed by atoms with Gasteiger partial charge >= 0.3 is 29.5 Å². The largest absolute Gasteiger partial charge is 0.466 e. The van der Waals surface area contributed by atoms with Gasteiger partial charge in [0.25, 0.3) is 0 Å². The van der Waals surface area contributed by atoms with Gasteiger partial charge in [0.1, 0.15) is 5.52 Å². The number of imidazole rings is 1. The lowest BCUT2D eigenvalue weighted by atomic mass is 10.5. The molecule has 0 aromatic carbocycles. The molecule has 0 aliphatic carbocycles. The van der Waals surface area contributed by atoms with E-state index in [0.717, 1.165) is 0 Å². The van der Waals surface area contributed by atoms with Gasteiger partial charge in [-0.25, -0.2) is 18.7 Å². The highest BCUT2D eigenvalue weighted by atomic mass is 31.2. The lowest BCUT2D eigenvalue weighted by molar-refractivity contribution is 0.272. The lowest BCUT2D eigenvalue weighted by Crippen LogP contribution is -1.97. The summed E-state index contributed by atoms with van der Waals surface area (Å²) in [6.07, 6.45) is 0.525. The summed E-state index contributed by atoms with van der Waals surface area (Å²) in [6, 6.07) is 0. The number of aromatic nitrogens is 4. The van der Waals surface area contributed by atoms with Gasteiger partial charge in [0.2, 0.25) is 0 Å². The molecule has 21 heteroatoms. The monoisotopic (exact) mass is 447 g/mol. The number of rotatable bonds is 0. The maximum absolute atomic E-state index is 12.4. The fraction of sp³-hybridized carbons (Fsp3) is 0. The Labute approximate surface area is 141 Å². The van der Waals surface area contributed by atoms with Crippen molar-refractivity contribution in [2.75, 3.05) is 5.73 Å². The fourth-order valence-electron chi connectivity index (χ4n) is 0.828. The Hall–Kier alpha value is -1.39. The number of nitrogens with two attached hydrogens (primary N) is 1. The van der Waals surface area contributed by atoms with Crippen LogP contribution in [0.1, 0.15) is 0 Å². The number of nitrogens with zero attached hydrogens (tertiary/aromatic N) is 3. The molecular weight excluding hydrogens is 434 g/mol. The quantitative estimate of drug-likeness (QED) is 0.144. The summed E-state index contributed by atoms with van der Waals surface area (Å²) >= 11 is 0. The number of fused-ring (bicyclic) bond motifs is 1. The molecule has 0 radical (unpaired) electrons. The molecular formula is C5H13FN5O12P3. The van der Waals surface area contributed by atoms with Crippen molar-refractivity contribution in [2.24, 2.45) is 0 Å². The third-order valence-corrected chi connectivity index (χ3v) is 1.29. The minimum absolute atomic E-state index is 0.0741. The highest BCUT2D eigenvalue weighted by molar-refractivity contribution is 7.45. The number of H-pyrrole nitrogens is 1. The first-order valence-electron chi connectivity index (χ1n) is 5.24. The van der Waals surface area contributed by atoms with Crippen molar-refractivity contribution in [3.63, 3.8) is 0 Å². The molecule has 152 valence electrons. The van der Waals surface area contributed by atoms with Crippen molar-refractivity contribution in [2.45, 2.75) is 0 Å². The number of hydrogen-bond acceptors (Lipinski definition) is 7. The minimum Gasteiger partial charge on any atom is -0.382 e. The molecule has 0 unspecified atom stereocenters. The zero-order valence-electron chi connectivity index (χ0n) is 12.0. The summed E-state index contributed by atoms with van der Waals surface area (Å²) < 4.78 is 39.1. The number of phosphoric acid groups is 3. The Kier molecular flexibility index (Phi) is 11.0. The molecule has 2 heterocycles. The minimum atomic E-state index is -4.64. The van der Waals surface area contributed by atoms with E-state index in [9.17, 15) is 4.39 Å². The van der Waals surface area contributed by atoms with Gasteiger partial charge in [-0.05, 0) is 0 Å². The maximum atomic E-state index is 12.4. The molecule has 26 heavy (non-hydrogen) atoms. The first-order valence-corrected chi connectivity index (χ1v) is 9.94. The van der Waals surface area contributed by atoms with Crippen molar-refractivity contribution < 1.29 is 62.1 Å². The summed E-state index contributed by atoms with van der Waals surface area (Å²) in [6.45, 7) is 0. The van der Waals surface area contributed by atoms with Crippen LogP contribution < -0.4 is 5.73 Å². The average Bonchev–Trinajstić information content (AvgIpc) is 2.69. The predicted octanol–water partition coefficient (Wildman–Crippen LogP) is -2.71. The second kappa shape index (κ2) is 10.7. The van der Waals surface area contributed by atoms with Gasteiger partial charge in [0.05, 0.1) is 6.33 Å². The first kappa shape index (κ1) is 26.8. The van der Waals surface area contributed by atoms with Gasteiger partial charge in [-0.3, -0.25) is 0 Å². The molecule has 12 N–H and O–H groups in total. The predicted molar refractivity (Wildman–Crippen MR) is 78.8 cm³/mol. The van der Waals surface area contributed by atoms with E-state index in [-0.39, 0.29) is 11.5 Å². The SMILES string of the molecule is Nc1nc(F)nc2nc[nH]c12.O=P(O)(O)O.O=P(O)(O)O.O=P(O)(O)O. The van der Waals surface area contributed by atoms with Crippen molar-refractivity contribution in [3.8, 4) is 0 Å². The van der Waals surface area contributed by atoms with E-state index in [4.69, 9.17) is 63.5 Å². The number of nitrogens with one attached hydrogen (secondary N) is 1. The van der Waals surface area contributed by atoms with Crippen molar-refractivity contribution in [3.05, 3.63) is 12.4 Å². The van der Waals surface area contributed by atoms with E-state index in [1.165, 1.54) is 6.33 Å². The Balaban J connectivity index is 0. The van der Waals surface area contributed by atoms with Crippen LogP contribution in [-0.2, 0) is 13.7 Å². The standard InChI is InChI=1S/C5H4FN5.3H3O4P/c6-5-10-3(7)2-4(11-5)9-1-8-2;3*1-5(2,3)4/h1H,(H3,7,8,9,10,11);3*(H3,1,2,3,4). The van der Waals surface area contributed by atoms with Gasteiger partial charge in [0, 0.05) is 0 Å². The third kappa shape index (κ3) is 24.9. The van der Waals surface area contributed by atoms with Crippen molar-refractivity contribution in [1.29, 1.82) is 0 Å². The van der Waals surface area contributed by atoms with Crippen LogP contribution in [0, 0.1) is 6.08 Å². The van der Waals surface area contributed by atoms with Gasteiger partial charge < -0.3 is 54.8 Å². The molecule has 2 aromatic rings. The third-order valence-electron chi connectivity index (χ3n) is 1.29. The zero-order chi connectivity index (χ0) is 21.3. The van der Waals surface area contributed by atoms with E-state index < -0.39 is 29.5 Å². The van der Waals surface area contributed by atoms with Gasteiger partial charge in [-0.1, -0.05) is 0 Å². The van der Waals surface area contributed by atoms with Gasteiger partial charge in [0.15, 0.2) is 11.5 Å². The molecule has 0 atom stereocenters. The molecule has 2 aromatic heterocycles. The van der Waals surface area contributed by atoms with E-state index >= 15 is 0 Å². The van der Waals surface area contributed by atoms with Crippen LogP contribution in [0.5, 0.6) is 0 Å². The Bertz CT molecular complexity index is 753. The first-order chi connectivity index (χ1) is 11.3. The molecule has 0 aliphatic heterocycles. The Morgan fingerprint density at radius 3 is 1.54 bits per heavy atom. The summed E-state index contributed by atoms with van der Waals surface area (Å²) in [7, 11) is -13.9. The van der Waals surface area contributed by atoms with E-state index in [1.807, 2.05) is 0 Å². The summed E-state index contributed by atoms with van der Waals surface area (Å²) in [5, 5.41) is 0. The van der Waals surface area contributed by atoms with Crippen LogP contribution in [0.15, 0.2) is 6.33 Å². The number of nitrogen functional groups attached to an aromatic ring is 1. The highest BCUT2D eigenvalue weighted by Gasteiger charge is 2.05. The summed E-state index contributed by atoms with van der Waals surface area (Å²) in [5.74, 6) is 0.0741. The Morgan fingerprint density at radius 2 is 1.19 bits per heavy atom. The van der Waals surface area contributed by atoms with Crippen molar-refractivity contribution in [1.82, 2.24) is 19.9 Å². The van der Waals surface area contributed by atoms with Gasteiger partial charge in [-0.2, -0.15) is 14.4 Å². The zero-order valence-corrected chi connectivity index (χ0v) is 14.6. The van der Waals surface area contributed by atoms with E-state index in [1.54, 1.807) is 0 Å². The van der Waals surface area contributed by atoms with Gasteiger partial charge in [-0.15, -0.1) is 0 Å². The molecule has 0 spiro atoms.